The molecule has 1 aromatic rings. The topological polar surface area (TPSA) is 50.5 Å². The Bertz CT molecular complexity index is 412. The molecule has 106 valence electrons. The first kappa shape index (κ1) is 14.0. The smallest absolute Gasteiger partial charge is 0.144 e. The minimum absolute atomic E-state index is 0.527. The first-order chi connectivity index (χ1) is 9.13. The summed E-state index contributed by atoms with van der Waals surface area (Å²) < 4.78 is 5.54. The van der Waals surface area contributed by atoms with Crippen molar-refractivity contribution < 1.29 is 4.74 Å². The predicted octanol–water partition coefficient (Wildman–Crippen LogP) is 3.26. The maximum absolute atomic E-state index is 6.16. The van der Waals surface area contributed by atoms with E-state index in [4.69, 9.17) is 10.5 Å². The number of hydrogen-bond donors (Lipinski definition) is 2. The van der Waals surface area contributed by atoms with Gasteiger partial charge in [0, 0.05) is 12.1 Å². The lowest BCUT2D eigenvalue weighted by molar-refractivity contribution is 0.136. The van der Waals surface area contributed by atoms with Gasteiger partial charge >= 0.3 is 0 Å². The molecule has 0 radical (unpaired) electrons. The van der Waals surface area contributed by atoms with E-state index in [1.807, 2.05) is 25.1 Å². The van der Waals surface area contributed by atoms with Crippen molar-refractivity contribution in [2.75, 3.05) is 17.8 Å². The Labute approximate surface area is 115 Å². The van der Waals surface area contributed by atoms with E-state index >= 15 is 0 Å². The van der Waals surface area contributed by atoms with Gasteiger partial charge in [0.05, 0.1) is 18.0 Å². The lowest BCUT2D eigenvalue weighted by atomic mass is 10.00. The molecule has 0 saturated carbocycles. The van der Waals surface area contributed by atoms with Crippen molar-refractivity contribution in [2.45, 2.75) is 52.1 Å². The van der Waals surface area contributed by atoms with Crippen LogP contribution < -0.4 is 15.9 Å². The number of rotatable bonds is 4. The number of para-hydroxylation sites is 1. The van der Waals surface area contributed by atoms with Crippen LogP contribution >= 0.6 is 0 Å². The van der Waals surface area contributed by atoms with E-state index in [0.717, 1.165) is 11.4 Å². The van der Waals surface area contributed by atoms with Gasteiger partial charge in [0.2, 0.25) is 0 Å². The number of ether oxygens (including phenoxy) is 1. The fraction of sp³-hybridized carbons (Fsp3) is 0.600. The van der Waals surface area contributed by atoms with Gasteiger partial charge in [0.15, 0.2) is 0 Å². The van der Waals surface area contributed by atoms with Gasteiger partial charge in [0.25, 0.3) is 0 Å². The number of anilines is 2. The summed E-state index contributed by atoms with van der Waals surface area (Å²) in [7, 11) is 0. The van der Waals surface area contributed by atoms with Crippen LogP contribution in [0.1, 0.15) is 40.0 Å². The van der Waals surface area contributed by atoms with E-state index < -0.39 is 0 Å². The van der Waals surface area contributed by atoms with Gasteiger partial charge in [-0.1, -0.05) is 12.5 Å². The quantitative estimate of drug-likeness (QED) is 0.819. The Morgan fingerprint density at radius 3 is 2.63 bits per heavy atom. The van der Waals surface area contributed by atoms with Crippen LogP contribution in [0.4, 0.5) is 11.4 Å². The molecule has 1 heterocycles. The summed E-state index contributed by atoms with van der Waals surface area (Å²) in [5.41, 5.74) is 11.3. The Balaban J connectivity index is 2.15. The van der Waals surface area contributed by atoms with Crippen LogP contribution in [0, 0.1) is 0 Å². The summed E-state index contributed by atoms with van der Waals surface area (Å²) in [6, 6.07) is 6.94. The Kier molecular flexibility index (Phi) is 4.53. The number of benzene rings is 1. The number of piperidine rings is 1. The highest BCUT2D eigenvalue weighted by Crippen LogP contribution is 2.31. The molecule has 0 aliphatic carbocycles. The van der Waals surface area contributed by atoms with Crippen molar-refractivity contribution >= 4 is 11.4 Å². The zero-order valence-electron chi connectivity index (χ0n) is 12.1. The highest BCUT2D eigenvalue weighted by atomic mass is 16.5. The van der Waals surface area contributed by atoms with Crippen molar-refractivity contribution in [1.29, 1.82) is 0 Å². The zero-order chi connectivity index (χ0) is 13.8. The fourth-order valence-corrected chi connectivity index (χ4v) is 2.70. The predicted molar refractivity (Wildman–Crippen MR) is 80.3 cm³/mol. The average Bonchev–Trinajstić information content (AvgIpc) is 2.38. The minimum atomic E-state index is 0.527. The van der Waals surface area contributed by atoms with Crippen LogP contribution in [0.5, 0.6) is 5.75 Å². The van der Waals surface area contributed by atoms with Crippen molar-refractivity contribution in [3.05, 3.63) is 18.2 Å². The highest BCUT2D eigenvalue weighted by molar-refractivity contribution is 5.72. The van der Waals surface area contributed by atoms with Gasteiger partial charge in [-0.2, -0.15) is 0 Å². The van der Waals surface area contributed by atoms with Gasteiger partial charge in [-0.25, -0.2) is 5.01 Å². The molecular weight excluding hydrogens is 238 g/mol. The standard InChI is InChI=1S/C15H25N3O/c1-4-19-14-10-6-9-13(15(14)16)17-18-11(2)7-5-8-12(18)3/h6,9-12,17H,4-5,7-8,16H2,1-3H3. The molecule has 0 spiro atoms. The number of nitrogens with two attached hydrogens (primary N) is 1. The molecule has 19 heavy (non-hydrogen) atoms. The molecule has 4 heteroatoms. The third kappa shape index (κ3) is 3.13. The number of hydrogen-bond acceptors (Lipinski definition) is 4. The van der Waals surface area contributed by atoms with Gasteiger partial charge in [-0.3, -0.25) is 0 Å². The molecule has 2 atom stereocenters. The molecule has 0 aromatic heterocycles. The molecule has 4 nitrogen and oxygen atoms in total. The second kappa shape index (κ2) is 6.15. The van der Waals surface area contributed by atoms with Crippen molar-refractivity contribution in [3.63, 3.8) is 0 Å². The molecule has 3 N–H and O–H groups in total. The first-order valence-corrected chi connectivity index (χ1v) is 7.19. The molecule has 0 bridgehead atoms. The van der Waals surface area contributed by atoms with Gasteiger partial charge in [-0.05, 0) is 45.7 Å². The van der Waals surface area contributed by atoms with Gasteiger partial charge < -0.3 is 15.9 Å². The zero-order valence-corrected chi connectivity index (χ0v) is 12.1. The molecule has 1 aliphatic rings. The normalized spacial score (nSPS) is 24.2. The molecular formula is C15H25N3O. The average molecular weight is 263 g/mol. The van der Waals surface area contributed by atoms with Crippen LogP contribution in [0.25, 0.3) is 0 Å². The van der Waals surface area contributed by atoms with E-state index in [2.05, 4.69) is 24.3 Å². The minimum Gasteiger partial charge on any atom is -0.492 e. The van der Waals surface area contributed by atoms with E-state index in [0.29, 0.717) is 24.4 Å². The van der Waals surface area contributed by atoms with Gasteiger partial charge in [-0.15, -0.1) is 0 Å². The van der Waals surface area contributed by atoms with Gasteiger partial charge in [0.1, 0.15) is 5.75 Å². The number of nitrogens with zero attached hydrogens (tertiary/aromatic N) is 1. The fourth-order valence-electron chi connectivity index (χ4n) is 2.70. The third-order valence-electron chi connectivity index (χ3n) is 3.81. The van der Waals surface area contributed by atoms with E-state index in [1.165, 1.54) is 19.3 Å². The summed E-state index contributed by atoms with van der Waals surface area (Å²) in [5.74, 6) is 0.754. The van der Waals surface area contributed by atoms with Crippen molar-refractivity contribution in [2.24, 2.45) is 0 Å². The number of nitrogens with one attached hydrogen (secondary N) is 1. The lowest BCUT2D eigenvalue weighted by Gasteiger charge is -2.39. The van der Waals surface area contributed by atoms with Crippen molar-refractivity contribution in [3.8, 4) is 5.75 Å². The Morgan fingerprint density at radius 1 is 1.32 bits per heavy atom. The van der Waals surface area contributed by atoms with E-state index in [-0.39, 0.29) is 0 Å². The second-order valence-corrected chi connectivity index (χ2v) is 5.30. The molecule has 0 amide bonds. The second-order valence-electron chi connectivity index (χ2n) is 5.30. The monoisotopic (exact) mass is 263 g/mol. The molecule has 1 fully saturated rings. The molecule has 2 unspecified atom stereocenters. The maximum Gasteiger partial charge on any atom is 0.144 e. The van der Waals surface area contributed by atoms with Crippen LogP contribution in [0.15, 0.2) is 18.2 Å². The SMILES string of the molecule is CCOc1cccc(NN2C(C)CCCC2C)c1N. The Hall–Kier alpha value is -1.42. The third-order valence-corrected chi connectivity index (χ3v) is 3.81. The van der Waals surface area contributed by atoms with E-state index in [9.17, 15) is 0 Å². The molecule has 2 rings (SSSR count). The first-order valence-electron chi connectivity index (χ1n) is 7.19. The highest BCUT2D eigenvalue weighted by Gasteiger charge is 2.25. The van der Waals surface area contributed by atoms with Crippen LogP contribution in [-0.2, 0) is 0 Å². The van der Waals surface area contributed by atoms with Crippen LogP contribution in [0.2, 0.25) is 0 Å². The summed E-state index contributed by atoms with van der Waals surface area (Å²) in [5, 5.41) is 2.31. The lowest BCUT2D eigenvalue weighted by Crippen LogP contribution is -2.47. The molecule has 1 aliphatic heterocycles. The van der Waals surface area contributed by atoms with E-state index in [1.54, 1.807) is 0 Å². The number of nitrogen functional groups attached to an aromatic ring is 1. The summed E-state index contributed by atoms with van der Waals surface area (Å²) in [4.78, 5) is 0. The largest absolute Gasteiger partial charge is 0.492 e. The summed E-state index contributed by atoms with van der Waals surface area (Å²) in [6.45, 7) is 7.11. The summed E-state index contributed by atoms with van der Waals surface area (Å²) in [6.07, 6.45) is 3.75. The number of hydrazine groups is 1. The van der Waals surface area contributed by atoms with Crippen LogP contribution in [-0.4, -0.2) is 23.7 Å². The molecule has 1 aromatic carbocycles. The Morgan fingerprint density at radius 2 is 2.00 bits per heavy atom. The van der Waals surface area contributed by atoms with Crippen LogP contribution in [0.3, 0.4) is 0 Å². The summed E-state index contributed by atoms with van der Waals surface area (Å²) >= 11 is 0. The maximum atomic E-state index is 6.16. The van der Waals surface area contributed by atoms with Crippen molar-refractivity contribution in [1.82, 2.24) is 5.01 Å². The molecule has 1 saturated heterocycles.